The summed E-state index contributed by atoms with van der Waals surface area (Å²) < 4.78 is 32.4. The number of likely N-dealkylation sites (tertiary alicyclic amines) is 1. The molecule has 1 amide bonds. The maximum absolute atomic E-state index is 13.0. The van der Waals surface area contributed by atoms with Gasteiger partial charge < -0.3 is 9.32 Å². The van der Waals surface area contributed by atoms with Gasteiger partial charge in [0.1, 0.15) is 0 Å². The van der Waals surface area contributed by atoms with Crippen molar-refractivity contribution in [1.82, 2.24) is 19.4 Å². The molecule has 2 aliphatic rings. The molecule has 9 nitrogen and oxygen atoms in total. The van der Waals surface area contributed by atoms with Crippen molar-refractivity contribution >= 4 is 15.9 Å². The van der Waals surface area contributed by atoms with Crippen molar-refractivity contribution in [2.45, 2.75) is 42.9 Å². The molecule has 0 bridgehead atoms. The fourth-order valence-electron chi connectivity index (χ4n) is 4.01. The number of benzene rings is 1. The van der Waals surface area contributed by atoms with Crippen LogP contribution in [0.5, 0.6) is 0 Å². The summed E-state index contributed by atoms with van der Waals surface area (Å²) in [6.45, 7) is 1.97. The molecule has 0 spiro atoms. The summed E-state index contributed by atoms with van der Waals surface area (Å²) in [7, 11) is -3.60. The van der Waals surface area contributed by atoms with Crippen LogP contribution in [0.3, 0.4) is 0 Å². The lowest BCUT2D eigenvalue weighted by molar-refractivity contribution is 0.0697. The second-order valence-corrected chi connectivity index (χ2v) is 9.47. The number of carbonyl (C=O) groups excluding carboxylic acids is 1. The largest absolute Gasteiger partial charge is 0.434 e. The smallest absolute Gasteiger partial charge is 0.392 e. The van der Waals surface area contributed by atoms with Crippen LogP contribution in [-0.2, 0) is 10.0 Å². The number of hydrogen-bond acceptors (Lipinski definition) is 6. The highest BCUT2D eigenvalue weighted by Crippen LogP contribution is 2.27. The molecule has 4 rings (SSSR count). The summed E-state index contributed by atoms with van der Waals surface area (Å²) in [5.41, 5.74) is 0.340. The maximum atomic E-state index is 13.0. The van der Waals surface area contributed by atoms with Crippen molar-refractivity contribution in [3.63, 3.8) is 0 Å². The molecule has 1 unspecified atom stereocenters. The van der Waals surface area contributed by atoms with Gasteiger partial charge in [0.25, 0.3) is 5.91 Å². The lowest BCUT2D eigenvalue weighted by Gasteiger charge is -2.31. The molecule has 10 heteroatoms. The van der Waals surface area contributed by atoms with Gasteiger partial charge in [0.15, 0.2) is 0 Å². The van der Waals surface area contributed by atoms with E-state index >= 15 is 0 Å². The molecule has 29 heavy (non-hydrogen) atoms. The molecule has 156 valence electrons. The monoisotopic (exact) mass is 420 g/mol. The highest BCUT2D eigenvalue weighted by Gasteiger charge is 2.30. The molecule has 0 saturated carbocycles. The summed E-state index contributed by atoms with van der Waals surface area (Å²) >= 11 is 0. The number of nitrogens with zero attached hydrogens (tertiary/aromatic N) is 3. The Kier molecular flexibility index (Phi) is 5.55. The molecule has 0 radical (unpaired) electrons. The highest BCUT2D eigenvalue weighted by atomic mass is 32.2. The van der Waals surface area contributed by atoms with E-state index in [4.69, 9.17) is 4.42 Å². The Hall–Kier alpha value is -2.46. The molecule has 2 saturated heterocycles. The van der Waals surface area contributed by atoms with Gasteiger partial charge in [-0.1, -0.05) is 12.5 Å². The van der Waals surface area contributed by atoms with Crippen LogP contribution in [0.2, 0.25) is 0 Å². The van der Waals surface area contributed by atoms with E-state index in [-0.39, 0.29) is 16.7 Å². The number of carbonyl (C=O) groups is 1. The molecule has 1 atom stereocenters. The first-order chi connectivity index (χ1) is 13.9. The van der Waals surface area contributed by atoms with Gasteiger partial charge in [0.05, 0.1) is 10.8 Å². The number of amides is 1. The SMILES string of the molecule is O=C(c1cccc(S(=O)(=O)N2CCCCC2)c1)N1CCCC(c2n[nH]c(=O)o2)C1. The van der Waals surface area contributed by atoms with Gasteiger partial charge in [-0.3, -0.25) is 4.79 Å². The first-order valence-corrected chi connectivity index (χ1v) is 11.3. The fraction of sp³-hybridized carbons (Fsp3) is 0.526. The van der Waals surface area contributed by atoms with E-state index in [0.29, 0.717) is 37.6 Å². The van der Waals surface area contributed by atoms with E-state index in [0.717, 1.165) is 32.1 Å². The Morgan fingerprint density at radius 1 is 1.14 bits per heavy atom. The number of rotatable bonds is 4. The lowest BCUT2D eigenvalue weighted by atomic mass is 9.97. The first kappa shape index (κ1) is 19.8. The Bertz CT molecular complexity index is 1040. The van der Waals surface area contributed by atoms with Crippen LogP contribution in [0.25, 0.3) is 0 Å². The Morgan fingerprint density at radius 2 is 1.93 bits per heavy atom. The normalized spacial score (nSPS) is 21.2. The zero-order valence-electron chi connectivity index (χ0n) is 16.0. The van der Waals surface area contributed by atoms with Crippen LogP contribution in [-0.4, -0.2) is 59.9 Å². The average molecular weight is 420 g/mol. The maximum Gasteiger partial charge on any atom is 0.434 e. The summed E-state index contributed by atoms with van der Waals surface area (Å²) in [6.07, 6.45) is 4.27. The van der Waals surface area contributed by atoms with Crippen LogP contribution in [0.4, 0.5) is 0 Å². The van der Waals surface area contributed by atoms with Gasteiger partial charge in [-0.25, -0.2) is 18.3 Å². The third kappa shape index (κ3) is 4.13. The van der Waals surface area contributed by atoms with Crippen LogP contribution in [0.15, 0.2) is 38.4 Å². The van der Waals surface area contributed by atoms with Gasteiger partial charge in [-0.2, -0.15) is 4.31 Å². The Balaban J connectivity index is 1.53. The summed E-state index contributed by atoms with van der Waals surface area (Å²) in [5, 5.41) is 6.13. The van der Waals surface area contributed by atoms with Crippen molar-refractivity contribution in [1.29, 1.82) is 0 Å². The number of aromatic amines is 1. The van der Waals surface area contributed by atoms with E-state index in [1.54, 1.807) is 17.0 Å². The van der Waals surface area contributed by atoms with Gasteiger partial charge >= 0.3 is 5.76 Å². The molecule has 2 aliphatic heterocycles. The van der Waals surface area contributed by atoms with Crippen LogP contribution in [0.1, 0.15) is 54.3 Å². The summed E-state index contributed by atoms with van der Waals surface area (Å²) in [5.74, 6) is -0.705. The minimum absolute atomic E-state index is 0.150. The molecule has 1 N–H and O–H groups in total. The standard InChI is InChI=1S/C19H24N4O5S/c24-18(22-9-5-7-15(13-22)17-20-21-19(25)28-17)14-6-4-8-16(12-14)29(26,27)23-10-2-1-3-11-23/h4,6,8,12,15H,1-3,5,7,9-11,13H2,(H,21,25). The number of sulfonamides is 1. The molecular formula is C19H24N4O5S. The number of aromatic nitrogens is 2. The summed E-state index contributed by atoms with van der Waals surface area (Å²) in [4.78, 5) is 26.1. The first-order valence-electron chi connectivity index (χ1n) is 9.90. The predicted molar refractivity (Wildman–Crippen MR) is 104 cm³/mol. The van der Waals surface area contributed by atoms with Crippen LogP contribution >= 0.6 is 0 Å². The highest BCUT2D eigenvalue weighted by molar-refractivity contribution is 7.89. The van der Waals surface area contributed by atoms with Crippen molar-refractivity contribution in [3.05, 3.63) is 46.3 Å². The molecule has 0 aliphatic carbocycles. The minimum atomic E-state index is -3.60. The molecule has 2 aromatic rings. The van der Waals surface area contributed by atoms with E-state index in [1.807, 2.05) is 0 Å². The lowest BCUT2D eigenvalue weighted by Crippen LogP contribution is -2.39. The van der Waals surface area contributed by atoms with E-state index < -0.39 is 15.8 Å². The summed E-state index contributed by atoms with van der Waals surface area (Å²) in [6, 6.07) is 6.25. The number of piperidine rings is 2. The molecular weight excluding hydrogens is 396 g/mol. The molecule has 3 heterocycles. The Labute approximate surface area is 168 Å². The van der Waals surface area contributed by atoms with Crippen LogP contribution < -0.4 is 5.76 Å². The zero-order valence-corrected chi connectivity index (χ0v) is 16.9. The number of nitrogens with one attached hydrogen (secondary N) is 1. The average Bonchev–Trinajstić information content (AvgIpc) is 3.20. The van der Waals surface area contributed by atoms with E-state index in [2.05, 4.69) is 10.2 Å². The Morgan fingerprint density at radius 3 is 2.66 bits per heavy atom. The number of H-pyrrole nitrogens is 1. The van der Waals surface area contributed by atoms with Crippen molar-refractivity contribution in [3.8, 4) is 0 Å². The van der Waals surface area contributed by atoms with Gasteiger partial charge in [0.2, 0.25) is 15.9 Å². The number of hydrogen-bond donors (Lipinski definition) is 1. The van der Waals surface area contributed by atoms with E-state index in [1.165, 1.54) is 16.4 Å². The quantitative estimate of drug-likeness (QED) is 0.802. The van der Waals surface area contributed by atoms with Crippen molar-refractivity contribution < 1.29 is 17.6 Å². The third-order valence-corrected chi connectivity index (χ3v) is 7.44. The van der Waals surface area contributed by atoms with Crippen molar-refractivity contribution in [2.75, 3.05) is 26.2 Å². The van der Waals surface area contributed by atoms with E-state index in [9.17, 15) is 18.0 Å². The van der Waals surface area contributed by atoms with Gasteiger partial charge in [0, 0.05) is 31.7 Å². The predicted octanol–water partition coefficient (Wildman–Crippen LogP) is 1.56. The fourth-order valence-corrected chi connectivity index (χ4v) is 5.57. The second kappa shape index (κ2) is 8.11. The van der Waals surface area contributed by atoms with Crippen molar-refractivity contribution in [2.24, 2.45) is 0 Å². The third-order valence-electron chi connectivity index (χ3n) is 5.55. The topological polar surface area (TPSA) is 117 Å². The second-order valence-electron chi connectivity index (χ2n) is 7.53. The van der Waals surface area contributed by atoms with Gasteiger partial charge in [-0.15, -0.1) is 5.10 Å². The minimum Gasteiger partial charge on any atom is -0.392 e. The molecule has 1 aromatic heterocycles. The van der Waals surface area contributed by atoms with Gasteiger partial charge in [-0.05, 0) is 43.9 Å². The van der Waals surface area contributed by atoms with Crippen LogP contribution in [0, 0.1) is 0 Å². The zero-order chi connectivity index (χ0) is 20.4. The molecule has 2 fully saturated rings. The molecule has 1 aromatic carbocycles.